The van der Waals surface area contributed by atoms with Gasteiger partial charge in [0.25, 0.3) is 0 Å². The van der Waals surface area contributed by atoms with Gasteiger partial charge in [0.1, 0.15) is 11.3 Å². The summed E-state index contributed by atoms with van der Waals surface area (Å²) in [6.45, 7) is 3.46. The maximum atomic E-state index is 11.8. The third-order valence-corrected chi connectivity index (χ3v) is 2.51. The minimum Gasteiger partial charge on any atom is -0.456 e. The van der Waals surface area contributed by atoms with Crippen LogP contribution < -0.4 is 5.43 Å². The molecule has 1 aromatic heterocycles. The van der Waals surface area contributed by atoms with Crippen molar-refractivity contribution >= 4 is 16.5 Å². The lowest BCUT2D eigenvalue weighted by Crippen LogP contribution is -2.02. The van der Waals surface area contributed by atoms with Gasteiger partial charge in [0, 0.05) is 6.07 Å². The molecule has 0 amide bonds. The van der Waals surface area contributed by atoms with Crippen molar-refractivity contribution in [3.05, 3.63) is 52.4 Å². The average molecular weight is 230 g/mol. The van der Waals surface area contributed by atoms with E-state index in [1.165, 1.54) is 6.07 Å². The number of para-hydroxylation sites is 1. The first-order valence-electron chi connectivity index (χ1n) is 5.47. The molecule has 0 fully saturated rings. The van der Waals surface area contributed by atoms with Crippen molar-refractivity contribution in [2.45, 2.75) is 20.0 Å². The van der Waals surface area contributed by atoms with Gasteiger partial charge in [0.05, 0.1) is 11.5 Å². The molecule has 0 aliphatic carbocycles. The first-order chi connectivity index (χ1) is 8.08. The molecule has 2 rings (SSSR count). The Morgan fingerprint density at radius 2 is 2.12 bits per heavy atom. The minimum absolute atomic E-state index is 0.0693. The summed E-state index contributed by atoms with van der Waals surface area (Å²) in [6, 6.07) is 8.57. The fraction of sp³-hybridized carbons (Fsp3) is 0.214. The number of hydrogen-bond acceptors (Lipinski definition) is 3. The summed E-state index contributed by atoms with van der Waals surface area (Å²) in [4.78, 5) is 11.8. The lowest BCUT2D eigenvalue weighted by Gasteiger charge is -2.04. The highest BCUT2D eigenvalue weighted by molar-refractivity contribution is 5.77. The van der Waals surface area contributed by atoms with Crippen LogP contribution in [-0.2, 0) is 0 Å². The minimum atomic E-state index is -0.563. The number of aliphatic hydroxyl groups excluding tert-OH is 1. The molecular formula is C14H14O3. The van der Waals surface area contributed by atoms with Crippen molar-refractivity contribution in [3.8, 4) is 0 Å². The summed E-state index contributed by atoms with van der Waals surface area (Å²) in [5.41, 5.74) is 1.25. The second kappa shape index (κ2) is 4.55. The summed E-state index contributed by atoms with van der Waals surface area (Å²) in [6.07, 6.45) is 1.08. The summed E-state index contributed by atoms with van der Waals surface area (Å²) in [5, 5.41) is 9.84. The van der Waals surface area contributed by atoms with Gasteiger partial charge < -0.3 is 9.52 Å². The fourth-order valence-corrected chi connectivity index (χ4v) is 1.74. The molecule has 88 valence electrons. The van der Waals surface area contributed by atoms with Crippen molar-refractivity contribution in [2.75, 3.05) is 0 Å². The van der Waals surface area contributed by atoms with Gasteiger partial charge in [0.15, 0.2) is 5.43 Å². The van der Waals surface area contributed by atoms with Crippen LogP contribution in [0.4, 0.5) is 0 Å². The number of aliphatic hydroxyl groups is 1. The zero-order chi connectivity index (χ0) is 12.4. The van der Waals surface area contributed by atoms with Crippen LogP contribution in [0.1, 0.15) is 19.6 Å². The van der Waals surface area contributed by atoms with Crippen LogP contribution in [0.5, 0.6) is 0 Å². The van der Waals surface area contributed by atoms with Gasteiger partial charge in [-0.05, 0) is 37.6 Å². The Morgan fingerprint density at radius 1 is 1.41 bits per heavy atom. The Balaban J connectivity index is 2.62. The highest BCUT2D eigenvalue weighted by Gasteiger charge is 2.06. The Bertz CT molecular complexity index is 621. The first kappa shape index (κ1) is 11.6. The van der Waals surface area contributed by atoms with E-state index in [9.17, 15) is 9.90 Å². The maximum absolute atomic E-state index is 11.8. The van der Waals surface area contributed by atoms with Crippen molar-refractivity contribution in [1.82, 2.24) is 0 Å². The summed E-state index contributed by atoms with van der Waals surface area (Å²) in [7, 11) is 0. The third-order valence-electron chi connectivity index (χ3n) is 2.51. The van der Waals surface area contributed by atoms with Crippen molar-refractivity contribution in [3.63, 3.8) is 0 Å². The molecule has 3 nitrogen and oxygen atoms in total. The summed E-state index contributed by atoms with van der Waals surface area (Å²) < 4.78 is 5.63. The van der Waals surface area contributed by atoms with Crippen LogP contribution in [0.15, 0.2) is 45.6 Å². The van der Waals surface area contributed by atoms with Crippen LogP contribution in [0.25, 0.3) is 16.5 Å². The maximum Gasteiger partial charge on any atom is 0.193 e. The monoisotopic (exact) mass is 230 g/mol. The molecule has 1 atom stereocenters. The third kappa shape index (κ3) is 2.45. The molecular weight excluding hydrogens is 216 g/mol. The zero-order valence-electron chi connectivity index (χ0n) is 9.81. The van der Waals surface area contributed by atoms with E-state index in [1.54, 1.807) is 38.1 Å². The van der Waals surface area contributed by atoms with Crippen molar-refractivity contribution in [1.29, 1.82) is 0 Å². The van der Waals surface area contributed by atoms with E-state index in [-0.39, 0.29) is 5.43 Å². The van der Waals surface area contributed by atoms with Gasteiger partial charge in [-0.15, -0.1) is 0 Å². The normalized spacial score (nSPS) is 13.9. The molecule has 2 aromatic rings. The van der Waals surface area contributed by atoms with E-state index in [2.05, 4.69) is 0 Å². The molecule has 0 spiro atoms. The zero-order valence-corrected chi connectivity index (χ0v) is 9.81. The van der Waals surface area contributed by atoms with E-state index in [4.69, 9.17) is 4.42 Å². The number of fused-ring (bicyclic) bond motifs is 1. The lowest BCUT2D eigenvalue weighted by molar-refractivity contribution is 0.244. The van der Waals surface area contributed by atoms with E-state index in [1.807, 2.05) is 6.07 Å². The fourth-order valence-electron chi connectivity index (χ4n) is 1.74. The highest BCUT2D eigenvalue weighted by atomic mass is 16.3. The number of allylic oxidation sites excluding steroid dienone is 1. The summed E-state index contributed by atoms with van der Waals surface area (Å²) >= 11 is 0. The molecule has 0 bridgehead atoms. The van der Waals surface area contributed by atoms with Gasteiger partial charge in [0.2, 0.25) is 0 Å². The van der Waals surface area contributed by atoms with Crippen LogP contribution in [0.2, 0.25) is 0 Å². The van der Waals surface area contributed by atoms with Crippen LogP contribution in [0.3, 0.4) is 0 Å². The molecule has 1 unspecified atom stereocenters. The molecule has 0 aliphatic rings. The largest absolute Gasteiger partial charge is 0.456 e. The molecule has 0 radical (unpaired) electrons. The predicted octanol–water partition coefficient (Wildman–Crippen LogP) is 2.58. The highest BCUT2D eigenvalue weighted by Crippen LogP contribution is 2.18. The van der Waals surface area contributed by atoms with Gasteiger partial charge in [-0.2, -0.15) is 0 Å². The second-order valence-electron chi connectivity index (χ2n) is 4.06. The number of rotatable bonds is 2. The van der Waals surface area contributed by atoms with E-state index >= 15 is 0 Å². The van der Waals surface area contributed by atoms with Crippen molar-refractivity contribution < 1.29 is 9.52 Å². The van der Waals surface area contributed by atoms with E-state index in [0.717, 1.165) is 5.57 Å². The van der Waals surface area contributed by atoms with E-state index in [0.29, 0.717) is 16.7 Å². The molecule has 17 heavy (non-hydrogen) atoms. The molecule has 0 saturated heterocycles. The Kier molecular flexibility index (Phi) is 3.11. The van der Waals surface area contributed by atoms with Gasteiger partial charge in [-0.1, -0.05) is 12.1 Å². The van der Waals surface area contributed by atoms with Gasteiger partial charge in [-0.3, -0.25) is 4.79 Å². The number of benzene rings is 1. The van der Waals surface area contributed by atoms with Crippen molar-refractivity contribution in [2.24, 2.45) is 0 Å². The van der Waals surface area contributed by atoms with E-state index < -0.39 is 6.10 Å². The van der Waals surface area contributed by atoms with Crippen LogP contribution in [-0.4, -0.2) is 11.2 Å². The summed E-state index contributed by atoms with van der Waals surface area (Å²) in [5.74, 6) is 0.495. The molecule has 0 saturated carbocycles. The van der Waals surface area contributed by atoms with Crippen LogP contribution >= 0.6 is 0 Å². The average Bonchev–Trinajstić information content (AvgIpc) is 2.28. The van der Waals surface area contributed by atoms with Crippen LogP contribution in [0, 0.1) is 0 Å². The number of hydrogen-bond donors (Lipinski definition) is 1. The molecule has 3 heteroatoms. The molecule has 0 aliphatic heterocycles. The predicted molar refractivity (Wildman–Crippen MR) is 67.8 cm³/mol. The topological polar surface area (TPSA) is 50.4 Å². The second-order valence-corrected chi connectivity index (χ2v) is 4.06. The van der Waals surface area contributed by atoms with Gasteiger partial charge >= 0.3 is 0 Å². The smallest absolute Gasteiger partial charge is 0.193 e. The molecule has 1 N–H and O–H groups in total. The standard InChI is InChI=1S/C14H14O3/c1-9(7-10(2)15)14-8-12(16)11-5-3-4-6-13(11)17-14/h3-8,10,15H,1-2H3/b9-7-. The van der Waals surface area contributed by atoms with Gasteiger partial charge in [-0.25, -0.2) is 0 Å². The SMILES string of the molecule is C/C(=C/C(C)O)c1cc(=O)c2ccccc2o1. The molecule has 1 aromatic carbocycles. The Morgan fingerprint density at radius 3 is 2.82 bits per heavy atom. The first-order valence-corrected chi connectivity index (χ1v) is 5.47. The lowest BCUT2D eigenvalue weighted by atomic mass is 10.1. The Hall–Kier alpha value is -1.87. The molecule has 1 heterocycles. The Labute approximate surface area is 99.0 Å². The quantitative estimate of drug-likeness (QED) is 0.862.